The molecule has 6 nitrogen and oxygen atoms in total. The molecular weight excluding hydrogens is 370 g/mol. The minimum Gasteiger partial charge on any atom is -0.369 e. The van der Waals surface area contributed by atoms with Crippen molar-refractivity contribution >= 4 is 42.3 Å². The van der Waals surface area contributed by atoms with Crippen molar-refractivity contribution in [1.82, 2.24) is 9.38 Å². The topological polar surface area (TPSA) is 94.5 Å². The SMILES string of the molecule is CS(=O)(=O)c1ccc(-c2nc3sc4ccccc4n3c2CC(N)=O)cc1. The number of hydrogen-bond donors (Lipinski definition) is 1. The van der Waals surface area contributed by atoms with Gasteiger partial charge in [-0.3, -0.25) is 9.20 Å². The highest BCUT2D eigenvalue weighted by Crippen LogP contribution is 2.33. The molecular formula is C18H15N3O3S2. The van der Waals surface area contributed by atoms with E-state index in [1.54, 1.807) is 24.3 Å². The van der Waals surface area contributed by atoms with Crippen LogP contribution in [0.4, 0.5) is 0 Å². The fraction of sp³-hybridized carbons (Fsp3) is 0.111. The van der Waals surface area contributed by atoms with Crippen molar-refractivity contribution < 1.29 is 13.2 Å². The van der Waals surface area contributed by atoms with E-state index in [2.05, 4.69) is 4.98 Å². The third-order valence-corrected chi connectivity index (χ3v) is 6.30. The summed E-state index contributed by atoms with van der Waals surface area (Å²) in [6, 6.07) is 14.4. The van der Waals surface area contributed by atoms with E-state index in [0.29, 0.717) is 11.4 Å². The molecule has 0 aliphatic heterocycles. The summed E-state index contributed by atoms with van der Waals surface area (Å²) < 4.78 is 26.3. The van der Waals surface area contributed by atoms with Gasteiger partial charge in [0.15, 0.2) is 14.8 Å². The number of hydrogen-bond acceptors (Lipinski definition) is 5. The van der Waals surface area contributed by atoms with Crippen LogP contribution in [-0.4, -0.2) is 30.0 Å². The van der Waals surface area contributed by atoms with Gasteiger partial charge in [-0.05, 0) is 24.3 Å². The number of imidazole rings is 1. The van der Waals surface area contributed by atoms with Crippen LogP contribution in [0.5, 0.6) is 0 Å². The Bertz CT molecular complexity index is 1250. The second-order valence-electron chi connectivity index (χ2n) is 6.03. The predicted octanol–water partition coefficient (Wildman–Crippen LogP) is 2.65. The van der Waals surface area contributed by atoms with Crippen molar-refractivity contribution in [1.29, 1.82) is 0 Å². The summed E-state index contributed by atoms with van der Waals surface area (Å²) in [6.07, 6.45) is 1.21. The van der Waals surface area contributed by atoms with Crippen LogP contribution in [0.3, 0.4) is 0 Å². The standard InChI is InChI=1S/C18H15N3O3S2/c1-26(23,24)12-8-6-11(7-9-12)17-14(10-16(19)22)21-13-4-2-3-5-15(13)25-18(21)20-17/h2-9H,10H2,1H3,(H2,19,22). The van der Waals surface area contributed by atoms with Crippen LogP contribution in [0.25, 0.3) is 26.4 Å². The van der Waals surface area contributed by atoms with Crippen molar-refractivity contribution in [3.63, 3.8) is 0 Å². The first-order chi connectivity index (χ1) is 12.3. The third-order valence-electron chi connectivity index (χ3n) is 4.15. The predicted molar refractivity (Wildman–Crippen MR) is 102 cm³/mol. The van der Waals surface area contributed by atoms with Gasteiger partial charge in [0.05, 0.1) is 32.9 Å². The van der Waals surface area contributed by atoms with E-state index in [4.69, 9.17) is 5.73 Å². The van der Waals surface area contributed by atoms with Gasteiger partial charge in [-0.15, -0.1) is 0 Å². The Morgan fingerprint density at radius 1 is 1.15 bits per heavy atom. The number of nitrogens with zero attached hydrogens (tertiary/aromatic N) is 2. The van der Waals surface area contributed by atoms with E-state index >= 15 is 0 Å². The summed E-state index contributed by atoms with van der Waals surface area (Å²) in [4.78, 5) is 17.3. The van der Waals surface area contributed by atoms with Gasteiger partial charge in [-0.1, -0.05) is 35.6 Å². The van der Waals surface area contributed by atoms with E-state index in [0.717, 1.165) is 20.7 Å². The lowest BCUT2D eigenvalue weighted by Crippen LogP contribution is -2.15. The molecule has 2 aromatic carbocycles. The van der Waals surface area contributed by atoms with Gasteiger partial charge in [-0.25, -0.2) is 13.4 Å². The van der Waals surface area contributed by atoms with E-state index in [9.17, 15) is 13.2 Å². The second-order valence-corrected chi connectivity index (χ2v) is 9.06. The van der Waals surface area contributed by atoms with Gasteiger partial charge in [0.1, 0.15) is 0 Å². The minimum atomic E-state index is -3.27. The zero-order valence-corrected chi connectivity index (χ0v) is 15.5. The number of primary amides is 1. The Labute approximate surface area is 153 Å². The summed E-state index contributed by atoms with van der Waals surface area (Å²) in [6.45, 7) is 0. The highest BCUT2D eigenvalue weighted by atomic mass is 32.2. The first-order valence-electron chi connectivity index (χ1n) is 7.82. The number of fused-ring (bicyclic) bond motifs is 3. The molecule has 0 aliphatic carbocycles. The average Bonchev–Trinajstić information content (AvgIpc) is 3.10. The lowest BCUT2D eigenvalue weighted by molar-refractivity contribution is -0.117. The van der Waals surface area contributed by atoms with Crippen molar-refractivity contribution in [2.45, 2.75) is 11.3 Å². The van der Waals surface area contributed by atoms with Crippen molar-refractivity contribution in [3.05, 3.63) is 54.2 Å². The molecule has 132 valence electrons. The monoisotopic (exact) mass is 385 g/mol. The molecule has 2 heterocycles. The molecule has 0 fully saturated rings. The maximum absolute atomic E-state index is 11.7. The average molecular weight is 385 g/mol. The van der Waals surface area contributed by atoms with Crippen molar-refractivity contribution in [3.8, 4) is 11.3 Å². The Balaban J connectivity index is 1.95. The first kappa shape index (κ1) is 16.7. The highest BCUT2D eigenvalue weighted by Gasteiger charge is 2.20. The van der Waals surface area contributed by atoms with Gasteiger partial charge < -0.3 is 5.73 Å². The number of carbonyl (C=O) groups excluding carboxylic acids is 1. The molecule has 2 aromatic heterocycles. The first-order valence-corrected chi connectivity index (χ1v) is 10.5. The molecule has 1 amide bonds. The molecule has 4 aromatic rings. The Morgan fingerprint density at radius 3 is 2.50 bits per heavy atom. The van der Waals surface area contributed by atoms with Gasteiger partial charge >= 0.3 is 0 Å². The quantitative estimate of drug-likeness (QED) is 0.584. The van der Waals surface area contributed by atoms with Gasteiger partial charge in [0.25, 0.3) is 0 Å². The number of rotatable bonds is 4. The number of thiazole rings is 1. The summed E-state index contributed by atoms with van der Waals surface area (Å²) in [7, 11) is -3.27. The zero-order chi connectivity index (χ0) is 18.5. The number of nitrogens with two attached hydrogens (primary N) is 1. The van der Waals surface area contributed by atoms with Gasteiger partial charge in [0.2, 0.25) is 5.91 Å². The number of para-hydroxylation sites is 1. The van der Waals surface area contributed by atoms with E-state index in [1.807, 2.05) is 28.7 Å². The molecule has 0 radical (unpaired) electrons. The number of aromatic nitrogens is 2. The molecule has 0 spiro atoms. The van der Waals surface area contributed by atoms with Gasteiger partial charge in [-0.2, -0.15) is 0 Å². The fourth-order valence-electron chi connectivity index (χ4n) is 2.99. The Kier molecular flexibility index (Phi) is 3.82. The number of carbonyl (C=O) groups is 1. The number of amides is 1. The van der Waals surface area contributed by atoms with Gasteiger partial charge in [0, 0.05) is 11.8 Å². The molecule has 0 saturated carbocycles. The number of benzene rings is 2. The smallest absolute Gasteiger partial charge is 0.223 e. The van der Waals surface area contributed by atoms with Crippen molar-refractivity contribution in [2.75, 3.05) is 6.26 Å². The molecule has 26 heavy (non-hydrogen) atoms. The summed E-state index contributed by atoms with van der Waals surface area (Å²) >= 11 is 1.53. The maximum Gasteiger partial charge on any atom is 0.223 e. The van der Waals surface area contributed by atoms with Crippen LogP contribution < -0.4 is 5.73 Å². The maximum atomic E-state index is 11.7. The van der Waals surface area contributed by atoms with E-state index in [1.165, 1.54) is 17.6 Å². The van der Waals surface area contributed by atoms with Crippen LogP contribution in [0.1, 0.15) is 5.69 Å². The van der Waals surface area contributed by atoms with Crippen LogP contribution >= 0.6 is 11.3 Å². The molecule has 0 bridgehead atoms. The molecule has 0 saturated heterocycles. The van der Waals surface area contributed by atoms with Crippen LogP contribution in [0, 0.1) is 0 Å². The van der Waals surface area contributed by atoms with Crippen LogP contribution in [-0.2, 0) is 21.1 Å². The molecule has 2 N–H and O–H groups in total. The molecule has 0 atom stereocenters. The molecule has 0 unspecified atom stereocenters. The summed E-state index contributed by atoms with van der Waals surface area (Å²) in [5.74, 6) is -0.448. The summed E-state index contributed by atoms with van der Waals surface area (Å²) in [5.41, 5.74) is 8.52. The second kappa shape index (κ2) is 5.93. The van der Waals surface area contributed by atoms with E-state index in [-0.39, 0.29) is 11.3 Å². The fourth-order valence-corrected chi connectivity index (χ4v) is 4.67. The van der Waals surface area contributed by atoms with E-state index < -0.39 is 15.7 Å². The lowest BCUT2D eigenvalue weighted by atomic mass is 10.1. The summed E-state index contributed by atoms with van der Waals surface area (Å²) in [5, 5.41) is 0. The highest BCUT2D eigenvalue weighted by molar-refractivity contribution is 7.90. The normalized spacial score (nSPS) is 12.0. The lowest BCUT2D eigenvalue weighted by Gasteiger charge is -2.05. The van der Waals surface area contributed by atoms with Crippen LogP contribution in [0.15, 0.2) is 53.4 Å². The Hall–Kier alpha value is -2.71. The van der Waals surface area contributed by atoms with Crippen molar-refractivity contribution in [2.24, 2.45) is 5.73 Å². The molecule has 4 rings (SSSR count). The zero-order valence-electron chi connectivity index (χ0n) is 13.8. The minimum absolute atomic E-state index is 0.0467. The molecule has 0 aliphatic rings. The molecule has 8 heteroatoms. The largest absolute Gasteiger partial charge is 0.369 e. The number of sulfone groups is 1. The van der Waals surface area contributed by atoms with Crippen LogP contribution in [0.2, 0.25) is 0 Å². The third kappa shape index (κ3) is 2.77. The Morgan fingerprint density at radius 2 is 1.85 bits per heavy atom.